The predicted molar refractivity (Wildman–Crippen MR) is 76.4 cm³/mol. The van der Waals surface area contributed by atoms with Crippen LogP contribution in [0.25, 0.3) is 0 Å². The first-order valence-electron chi connectivity index (χ1n) is 6.01. The Balaban J connectivity index is 1.85. The highest BCUT2D eigenvalue weighted by Crippen LogP contribution is 2.45. The van der Waals surface area contributed by atoms with E-state index in [2.05, 4.69) is 17.2 Å². The minimum absolute atomic E-state index is 0.0235. The van der Waals surface area contributed by atoms with Gasteiger partial charge in [0.2, 0.25) is 5.91 Å². The van der Waals surface area contributed by atoms with E-state index in [0.29, 0.717) is 17.5 Å². The second kappa shape index (κ2) is 5.32. The third kappa shape index (κ3) is 2.54. The summed E-state index contributed by atoms with van der Waals surface area (Å²) in [5, 5.41) is 5.89. The molecule has 1 amide bonds. The van der Waals surface area contributed by atoms with Crippen LogP contribution in [0.1, 0.15) is 24.8 Å². The molecule has 4 nitrogen and oxygen atoms in total. The number of rotatable bonds is 5. The lowest BCUT2D eigenvalue weighted by atomic mass is 9.62. The highest BCUT2D eigenvalue weighted by Gasteiger charge is 2.50. The number of hydrogen-bond acceptors (Lipinski definition) is 4. The zero-order chi connectivity index (χ0) is 13.2. The number of amides is 1. The first kappa shape index (κ1) is 13.4. The van der Waals surface area contributed by atoms with E-state index in [0.717, 1.165) is 24.3 Å². The number of thiocarbonyl (C=S) groups is 1. The first-order valence-corrected chi connectivity index (χ1v) is 7.30. The maximum Gasteiger partial charge on any atom is 0.233 e. The smallest absolute Gasteiger partial charge is 0.233 e. The molecule has 1 aromatic heterocycles. The van der Waals surface area contributed by atoms with Crippen molar-refractivity contribution in [2.75, 3.05) is 6.54 Å². The van der Waals surface area contributed by atoms with Gasteiger partial charge in [0.1, 0.15) is 0 Å². The number of carbonyl (C=O) groups excluding carboxylic acids is 1. The molecule has 0 unspecified atom stereocenters. The van der Waals surface area contributed by atoms with Crippen molar-refractivity contribution in [2.45, 2.75) is 26.2 Å². The Labute approximate surface area is 116 Å². The fraction of sp³-hybridized carbons (Fsp3) is 0.583. The summed E-state index contributed by atoms with van der Waals surface area (Å²) >= 11 is 6.64. The van der Waals surface area contributed by atoms with Crippen molar-refractivity contribution in [1.82, 2.24) is 10.3 Å². The Morgan fingerprint density at radius 1 is 1.72 bits per heavy atom. The highest BCUT2D eigenvalue weighted by atomic mass is 32.1. The van der Waals surface area contributed by atoms with Gasteiger partial charge in [0.25, 0.3) is 0 Å². The van der Waals surface area contributed by atoms with Gasteiger partial charge in [-0.2, -0.15) is 0 Å². The average molecular weight is 283 g/mol. The molecule has 0 spiro atoms. The van der Waals surface area contributed by atoms with Crippen molar-refractivity contribution >= 4 is 34.5 Å². The van der Waals surface area contributed by atoms with E-state index in [-0.39, 0.29) is 5.91 Å². The number of nitrogens with zero attached hydrogens (tertiary/aromatic N) is 1. The van der Waals surface area contributed by atoms with Crippen LogP contribution in [0, 0.1) is 11.3 Å². The molecule has 1 saturated carbocycles. The number of aromatic nitrogens is 1. The average Bonchev–Trinajstić information content (AvgIpc) is 2.76. The van der Waals surface area contributed by atoms with Crippen LogP contribution >= 0.6 is 23.6 Å². The van der Waals surface area contributed by atoms with E-state index in [1.54, 1.807) is 17.5 Å². The molecule has 0 radical (unpaired) electrons. The van der Waals surface area contributed by atoms with Crippen LogP contribution in [-0.2, 0) is 11.2 Å². The van der Waals surface area contributed by atoms with Gasteiger partial charge < -0.3 is 11.1 Å². The highest BCUT2D eigenvalue weighted by molar-refractivity contribution is 7.80. The van der Waals surface area contributed by atoms with E-state index in [9.17, 15) is 4.79 Å². The van der Waals surface area contributed by atoms with Gasteiger partial charge in [-0.1, -0.05) is 19.1 Å². The van der Waals surface area contributed by atoms with Crippen LogP contribution in [0.4, 0.5) is 0 Å². The van der Waals surface area contributed by atoms with Gasteiger partial charge in [-0.3, -0.25) is 4.79 Å². The first-order chi connectivity index (χ1) is 8.54. The summed E-state index contributed by atoms with van der Waals surface area (Å²) < 4.78 is 0. The standard InChI is InChI=1S/C12H17N3OS2/c1-8-6-12(7-8,10(13)17)11(16)15-3-2-9-14-4-5-18-9/h4-5,8H,2-3,6-7H2,1H3,(H2,13,17)(H,15,16). The minimum atomic E-state index is -0.600. The molecular formula is C12H17N3OS2. The largest absolute Gasteiger partial charge is 0.392 e. The molecule has 1 aliphatic carbocycles. The van der Waals surface area contributed by atoms with Gasteiger partial charge in [-0.25, -0.2) is 4.98 Å². The second-order valence-corrected chi connectivity index (χ2v) is 6.31. The maximum absolute atomic E-state index is 12.2. The lowest BCUT2D eigenvalue weighted by Crippen LogP contribution is -2.56. The number of nitrogens with two attached hydrogens (primary N) is 1. The Morgan fingerprint density at radius 2 is 2.44 bits per heavy atom. The zero-order valence-corrected chi connectivity index (χ0v) is 11.9. The van der Waals surface area contributed by atoms with E-state index in [4.69, 9.17) is 18.0 Å². The molecule has 1 fully saturated rings. The Morgan fingerprint density at radius 3 is 2.94 bits per heavy atom. The maximum atomic E-state index is 12.2. The normalized spacial score (nSPS) is 26.4. The summed E-state index contributed by atoms with van der Waals surface area (Å²) in [6.45, 7) is 2.70. The topological polar surface area (TPSA) is 68.0 Å². The predicted octanol–water partition coefficient (Wildman–Crippen LogP) is 1.50. The summed E-state index contributed by atoms with van der Waals surface area (Å²) in [6.07, 6.45) is 4.06. The molecule has 1 heterocycles. The molecule has 2 rings (SSSR count). The van der Waals surface area contributed by atoms with Crippen molar-refractivity contribution in [3.8, 4) is 0 Å². The molecular weight excluding hydrogens is 266 g/mol. The molecule has 0 aliphatic heterocycles. The van der Waals surface area contributed by atoms with E-state index < -0.39 is 5.41 Å². The van der Waals surface area contributed by atoms with Crippen molar-refractivity contribution < 1.29 is 4.79 Å². The zero-order valence-electron chi connectivity index (χ0n) is 10.3. The van der Waals surface area contributed by atoms with Crippen LogP contribution in [0.2, 0.25) is 0 Å². The van der Waals surface area contributed by atoms with Crippen molar-refractivity contribution in [3.05, 3.63) is 16.6 Å². The summed E-state index contributed by atoms with van der Waals surface area (Å²) in [4.78, 5) is 16.7. The summed E-state index contributed by atoms with van der Waals surface area (Å²) in [5.41, 5.74) is 5.12. The summed E-state index contributed by atoms with van der Waals surface area (Å²) in [7, 11) is 0. The third-order valence-corrected chi connectivity index (χ3v) is 4.64. The van der Waals surface area contributed by atoms with E-state index >= 15 is 0 Å². The van der Waals surface area contributed by atoms with E-state index in [1.165, 1.54) is 0 Å². The lowest BCUT2D eigenvalue weighted by molar-refractivity contribution is -0.132. The van der Waals surface area contributed by atoms with Gasteiger partial charge in [-0.15, -0.1) is 11.3 Å². The number of nitrogens with one attached hydrogen (secondary N) is 1. The number of carbonyl (C=O) groups is 1. The molecule has 0 atom stereocenters. The SMILES string of the molecule is CC1CC(C(=O)NCCc2nccs2)(C(N)=S)C1. The number of thiazole rings is 1. The number of hydrogen-bond donors (Lipinski definition) is 2. The van der Waals surface area contributed by atoms with Crippen LogP contribution in [0.15, 0.2) is 11.6 Å². The molecule has 0 aromatic carbocycles. The molecule has 18 heavy (non-hydrogen) atoms. The molecule has 0 bridgehead atoms. The van der Waals surface area contributed by atoms with Crippen molar-refractivity contribution in [2.24, 2.45) is 17.1 Å². The fourth-order valence-electron chi connectivity index (χ4n) is 2.46. The summed E-state index contributed by atoms with van der Waals surface area (Å²) in [5.74, 6) is 0.501. The van der Waals surface area contributed by atoms with Gasteiger partial charge in [0.15, 0.2) is 0 Å². The van der Waals surface area contributed by atoms with Crippen LogP contribution in [0.5, 0.6) is 0 Å². The molecule has 98 valence electrons. The quantitative estimate of drug-likeness (QED) is 0.804. The van der Waals surface area contributed by atoms with Crippen LogP contribution < -0.4 is 11.1 Å². The van der Waals surface area contributed by atoms with Crippen molar-refractivity contribution in [3.63, 3.8) is 0 Å². The molecule has 3 N–H and O–H groups in total. The van der Waals surface area contributed by atoms with Crippen LogP contribution in [-0.4, -0.2) is 22.4 Å². The Hall–Kier alpha value is -1.01. The molecule has 0 saturated heterocycles. The monoisotopic (exact) mass is 283 g/mol. The van der Waals surface area contributed by atoms with Crippen LogP contribution in [0.3, 0.4) is 0 Å². The van der Waals surface area contributed by atoms with Gasteiger partial charge in [0.05, 0.1) is 15.4 Å². The molecule has 6 heteroatoms. The van der Waals surface area contributed by atoms with E-state index in [1.807, 2.05) is 5.38 Å². The molecule has 1 aromatic rings. The fourth-order valence-corrected chi connectivity index (χ4v) is 3.34. The lowest BCUT2D eigenvalue weighted by Gasteiger charge is -2.44. The minimum Gasteiger partial charge on any atom is -0.392 e. The summed E-state index contributed by atoms with van der Waals surface area (Å²) in [6, 6.07) is 0. The third-order valence-electron chi connectivity index (χ3n) is 3.41. The molecule has 1 aliphatic rings. The Bertz CT molecular complexity index is 438. The van der Waals surface area contributed by atoms with Gasteiger partial charge in [0, 0.05) is 24.5 Å². The van der Waals surface area contributed by atoms with Gasteiger partial charge >= 0.3 is 0 Å². The second-order valence-electron chi connectivity index (χ2n) is 4.89. The van der Waals surface area contributed by atoms with Crippen molar-refractivity contribution in [1.29, 1.82) is 0 Å². The Kier molecular flexibility index (Phi) is 3.97. The van der Waals surface area contributed by atoms with Gasteiger partial charge in [-0.05, 0) is 18.8 Å².